The molecule has 1 aromatic heterocycles. The van der Waals surface area contributed by atoms with Crippen LogP contribution in [0.5, 0.6) is 0 Å². The van der Waals surface area contributed by atoms with Crippen molar-refractivity contribution in [3.8, 4) is 0 Å². The highest BCUT2D eigenvalue weighted by atomic mass is 32.2. The summed E-state index contributed by atoms with van der Waals surface area (Å²) in [6.45, 7) is 0. The average molecular weight is 397 g/mol. The first-order valence-electron chi connectivity index (χ1n) is 8.02. The van der Waals surface area contributed by atoms with E-state index >= 15 is 0 Å². The second-order valence-electron chi connectivity index (χ2n) is 5.53. The van der Waals surface area contributed by atoms with Crippen molar-refractivity contribution >= 4 is 33.3 Å². The molecule has 0 bridgehead atoms. The number of nitro benzene ring substituents is 1. The van der Waals surface area contributed by atoms with Crippen molar-refractivity contribution in [1.29, 1.82) is 0 Å². The van der Waals surface area contributed by atoms with E-state index in [0.29, 0.717) is 11.4 Å². The van der Waals surface area contributed by atoms with E-state index in [1.165, 1.54) is 18.3 Å². The molecule has 0 aliphatic heterocycles. The number of hydrazone groups is 1. The smallest absolute Gasteiger partial charge is 0.280 e. The summed E-state index contributed by atoms with van der Waals surface area (Å²) in [6.07, 6.45) is 2.98. The molecule has 10 heteroatoms. The van der Waals surface area contributed by atoms with Crippen LogP contribution in [0.25, 0.3) is 0 Å². The van der Waals surface area contributed by atoms with E-state index in [1.54, 1.807) is 54.7 Å². The number of hydrogen-bond acceptors (Lipinski definition) is 7. The molecule has 0 saturated heterocycles. The van der Waals surface area contributed by atoms with Crippen molar-refractivity contribution in [3.05, 3.63) is 88.7 Å². The van der Waals surface area contributed by atoms with Gasteiger partial charge in [0.05, 0.1) is 21.7 Å². The van der Waals surface area contributed by atoms with Crippen molar-refractivity contribution in [2.45, 2.75) is 4.90 Å². The Bertz CT molecular complexity index is 1100. The lowest BCUT2D eigenvalue weighted by Gasteiger charge is -2.09. The fourth-order valence-electron chi connectivity index (χ4n) is 2.26. The first kappa shape index (κ1) is 19.0. The summed E-state index contributed by atoms with van der Waals surface area (Å²) < 4.78 is 27.4. The van der Waals surface area contributed by atoms with Gasteiger partial charge in [-0.05, 0) is 36.4 Å². The van der Waals surface area contributed by atoms with Crippen LogP contribution < -0.4 is 10.1 Å². The number of hydrogen-bond donors (Lipinski definition) is 2. The molecule has 28 heavy (non-hydrogen) atoms. The molecule has 0 aliphatic rings. The molecular formula is C18H15N5O4S. The van der Waals surface area contributed by atoms with E-state index in [1.807, 2.05) is 0 Å². The van der Waals surface area contributed by atoms with E-state index < -0.39 is 20.6 Å². The predicted molar refractivity (Wildman–Crippen MR) is 106 cm³/mol. The Morgan fingerprint density at radius 1 is 1.04 bits per heavy atom. The summed E-state index contributed by atoms with van der Waals surface area (Å²) in [5.41, 5.74) is 3.09. The maximum absolute atomic E-state index is 12.5. The standard InChI is InChI=1S/C18H15N5O4S/c24-23(25)18-12-16(28(26,27)22-14-6-2-1-3-7-14)9-10-17(18)21-20-13-15-8-4-5-11-19-15/h1-13,21-22H/b20-13-. The van der Waals surface area contributed by atoms with Crippen LogP contribution in [0, 0.1) is 10.1 Å². The number of nitro groups is 1. The van der Waals surface area contributed by atoms with Gasteiger partial charge in [0.15, 0.2) is 0 Å². The molecule has 3 aromatic rings. The van der Waals surface area contributed by atoms with E-state index in [-0.39, 0.29) is 10.6 Å². The Morgan fingerprint density at radius 2 is 1.79 bits per heavy atom. The Kier molecular flexibility index (Phi) is 5.61. The van der Waals surface area contributed by atoms with Crippen LogP contribution in [-0.2, 0) is 10.0 Å². The van der Waals surface area contributed by atoms with Gasteiger partial charge in [0.2, 0.25) is 0 Å². The van der Waals surface area contributed by atoms with Crippen molar-refractivity contribution in [1.82, 2.24) is 4.98 Å². The van der Waals surface area contributed by atoms with Crippen LogP contribution in [0.15, 0.2) is 82.9 Å². The van der Waals surface area contributed by atoms with Crippen LogP contribution in [-0.4, -0.2) is 24.5 Å². The van der Waals surface area contributed by atoms with E-state index in [2.05, 4.69) is 20.2 Å². The Balaban J connectivity index is 1.84. The topological polar surface area (TPSA) is 127 Å². The quantitative estimate of drug-likeness (QED) is 0.358. The zero-order chi connectivity index (χ0) is 20.0. The molecule has 142 valence electrons. The minimum Gasteiger partial charge on any atom is -0.280 e. The van der Waals surface area contributed by atoms with Crippen molar-refractivity contribution in [2.24, 2.45) is 5.10 Å². The lowest BCUT2D eigenvalue weighted by Crippen LogP contribution is -2.13. The van der Waals surface area contributed by atoms with E-state index in [4.69, 9.17) is 0 Å². The third-order valence-corrected chi connectivity index (χ3v) is 4.95. The molecule has 0 atom stereocenters. The SMILES string of the molecule is O=[N+]([O-])c1cc(S(=O)(=O)Nc2ccccc2)ccc1N/N=C\c1ccccn1. The van der Waals surface area contributed by atoms with Crippen LogP contribution in [0.1, 0.15) is 5.69 Å². The molecule has 0 fully saturated rings. The molecule has 2 aromatic carbocycles. The lowest BCUT2D eigenvalue weighted by molar-refractivity contribution is -0.384. The minimum atomic E-state index is -3.98. The number of para-hydroxylation sites is 1. The summed E-state index contributed by atoms with van der Waals surface area (Å²) in [4.78, 5) is 14.5. The summed E-state index contributed by atoms with van der Waals surface area (Å²) in [5.74, 6) is 0. The summed E-state index contributed by atoms with van der Waals surface area (Å²) in [6, 6.07) is 17.0. The lowest BCUT2D eigenvalue weighted by atomic mass is 10.3. The molecule has 0 radical (unpaired) electrons. The fourth-order valence-corrected chi connectivity index (χ4v) is 3.34. The maximum atomic E-state index is 12.5. The number of sulfonamides is 1. The molecule has 0 spiro atoms. The second kappa shape index (κ2) is 8.27. The molecule has 3 rings (SSSR count). The molecule has 0 unspecified atom stereocenters. The summed E-state index contributed by atoms with van der Waals surface area (Å²) >= 11 is 0. The van der Waals surface area contributed by atoms with Gasteiger partial charge in [0.25, 0.3) is 15.7 Å². The van der Waals surface area contributed by atoms with Crippen molar-refractivity contribution in [3.63, 3.8) is 0 Å². The minimum absolute atomic E-state index is 0.0517. The number of aromatic nitrogens is 1. The molecule has 0 amide bonds. The van der Waals surface area contributed by atoms with Crippen molar-refractivity contribution in [2.75, 3.05) is 10.1 Å². The number of pyridine rings is 1. The third-order valence-electron chi connectivity index (χ3n) is 3.57. The highest BCUT2D eigenvalue weighted by molar-refractivity contribution is 7.92. The molecule has 0 aliphatic carbocycles. The zero-order valence-electron chi connectivity index (χ0n) is 14.4. The predicted octanol–water partition coefficient (Wildman–Crippen LogP) is 3.24. The normalized spacial score (nSPS) is 11.3. The first-order chi connectivity index (χ1) is 13.5. The second-order valence-corrected chi connectivity index (χ2v) is 7.21. The van der Waals surface area contributed by atoms with Crippen LogP contribution in [0.4, 0.5) is 17.1 Å². The van der Waals surface area contributed by atoms with E-state index in [9.17, 15) is 18.5 Å². The van der Waals surface area contributed by atoms with Crippen LogP contribution in [0.2, 0.25) is 0 Å². The number of benzene rings is 2. The first-order valence-corrected chi connectivity index (χ1v) is 9.50. The zero-order valence-corrected chi connectivity index (χ0v) is 15.2. The number of anilines is 2. The van der Waals surface area contributed by atoms with Gasteiger partial charge in [-0.3, -0.25) is 25.2 Å². The van der Waals surface area contributed by atoms with Gasteiger partial charge in [0, 0.05) is 18.0 Å². The molecule has 1 heterocycles. The fraction of sp³-hybridized carbons (Fsp3) is 0. The summed E-state index contributed by atoms with van der Waals surface area (Å²) in [7, 11) is -3.98. The van der Waals surface area contributed by atoms with Gasteiger partial charge in [-0.25, -0.2) is 8.42 Å². The number of nitrogens with zero attached hydrogens (tertiary/aromatic N) is 3. The van der Waals surface area contributed by atoms with Crippen LogP contribution in [0.3, 0.4) is 0 Å². The van der Waals surface area contributed by atoms with E-state index in [0.717, 1.165) is 6.07 Å². The van der Waals surface area contributed by atoms with Crippen molar-refractivity contribution < 1.29 is 13.3 Å². The highest BCUT2D eigenvalue weighted by Gasteiger charge is 2.21. The summed E-state index contributed by atoms with van der Waals surface area (Å²) in [5, 5.41) is 15.3. The van der Waals surface area contributed by atoms with Gasteiger partial charge < -0.3 is 0 Å². The highest BCUT2D eigenvalue weighted by Crippen LogP contribution is 2.28. The Hall–Kier alpha value is -3.79. The Morgan fingerprint density at radius 3 is 2.46 bits per heavy atom. The van der Waals surface area contributed by atoms with Gasteiger partial charge in [-0.1, -0.05) is 24.3 Å². The number of rotatable bonds is 7. The van der Waals surface area contributed by atoms with Crippen LogP contribution >= 0.6 is 0 Å². The van der Waals surface area contributed by atoms with Gasteiger partial charge in [0.1, 0.15) is 5.69 Å². The van der Waals surface area contributed by atoms with Gasteiger partial charge in [-0.2, -0.15) is 5.10 Å². The number of nitrogens with one attached hydrogen (secondary N) is 2. The average Bonchev–Trinajstić information content (AvgIpc) is 2.69. The molecule has 9 nitrogen and oxygen atoms in total. The molecule has 2 N–H and O–H groups in total. The Labute approximate surface area is 161 Å². The molecule has 0 saturated carbocycles. The van der Waals surface area contributed by atoms with Gasteiger partial charge in [-0.15, -0.1) is 0 Å². The maximum Gasteiger partial charge on any atom is 0.295 e. The molecular weight excluding hydrogens is 382 g/mol. The largest absolute Gasteiger partial charge is 0.295 e. The van der Waals surface area contributed by atoms with Gasteiger partial charge >= 0.3 is 0 Å². The third kappa shape index (κ3) is 4.68. The monoisotopic (exact) mass is 397 g/mol.